The number of aromatic nitrogens is 2. The van der Waals surface area contributed by atoms with Crippen molar-refractivity contribution in [1.82, 2.24) is 20.2 Å². The Balaban J connectivity index is 1.52. The minimum Gasteiger partial charge on any atom is -0.353 e. The van der Waals surface area contributed by atoms with Gasteiger partial charge >= 0.3 is 0 Å². The van der Waals surface area contributed by atoms with E-state index in [1.807, 2.05) is 62.9 Å². The van der Waals surface area contributed by atoms with Crippen LogP contribution in [0.2, 0.25) is 0 Å². The Morgan fingerprint density at radius 2 is 1.55 bits per heavy atom. The second-order valence-corrected chi connectivity index (χ2v) is 8.83. The number of carbonyl (C=O) groups is 1. The van der Waals surface area contributed by atoms with Gasteiger partial charge in [0.2, 0.25) is 5.91 Å². The molecular formula is C26H30N4O. The lowest BCUT2D eigenvalue weighted by atomic mass is 9.79. The Morgan fingerprint density at radius 1 is 0.935 bits per heavy atom. The van der Waals surface area contributed by atoms with Crippen LogP contribution in [-0.2, 0) is 17.8 Å². The van der Waals surface area contributed by atoms with Crippen molar-refractivity contribution >= 4 is 5.91 Å². The molecule has 1 N–H and O–H groups in total. The van der Waals surface area contributed by atoms with Gasteiger partial charge in [-0.1, -0.05) is 24.3 Å². The Morgan fingerprint density at radius 3 is 2.19 bits per heavy atom. The van der Waals surface area contributed by atoms with Crippen molar-refractivity contribution in [2.24, 2.45) is 5.41 Å². The van der Waals surface area contributed by atoms with Crippen LogP contribution in [0.15, 0.2) is 73.3 Å². The Bertz CT molecular complexity index is 989. The zero-order chi connectivity index (χ0) is 21.7. The number of likely N-dealkylation sites (tertiary alicyclic amines) is 1. The van der Waals surface area contributed by atoms with Crippen molar-refractivity contribution in [3.05, 3.63) is 84.4 Å². The number of carbonyl (C=O) groups excluding carboxylic acids is 1. The fourth-order valence-corrected chi connectivity index (χ4v) is 4.41. The van der Waals surface area contributed by atoms with Crippen LogP contribution >= 0.6 is 0 Å². The topological polar surface area (TPSA) is 58.1 Å². The molecule has 0 unspecified atom stereocenters. The molecule has 5 nitrogen and oxygen atoms in total. The number of hydrogen-bond acceptors (Lipinski definition) is 4. The highest BCUT2D eigenvalue weighted by atomic mass is 16.2. The maximum absolute atomic E-state index is 13.3. The number of rotatable bonds is 7. The van der Waals surface area contributed by atoms with E-state index in [0.29, 0.717) is 0 Å². The van der Waals surface area contributed by atoms with E-state index in [9.17, 15) is 4.79 Å². The van der Waals surface area contributed by atoms with Crippen LogP contribution in [0.4, 0.5) is 0 Å². The molecule has 31 heavy (non-hydrogen) atoms. The minimum absolute atomic E-state index is 0.132. The first-order valence-electron chi connectivity index (χ1n) is 11.0. The molecule has 3 heterocycles. The average molecular weight is 415 g/mol. The third kappa shape index (κ3) is 5.17. The van der Waals surface area contributed by atoms with Crippen molar-refractivity contribution in [3.63, 3.8) is 0 Å². The zero-order valence-electron chi connectivity index (χ0n) is 18.3. The number of nitrogens with zero attached hydrogens (tertiary/aromatic N) is 3. The predicted octanol–water partition coefficient (Wildman–Crippen LogP) is 4.10. The van der Waals surface area contributed by atoms with E-state index in [1.54, 1.807) is 0 Å². The fraction of sp³-hybridized carbons (Fsp3) is 0.346. The highest BCUT2D eigenvalue weighted by Crippen LogP contribution is 2.36. The van der Waals surface area contributed by atoms with Gasteiger partial charge in [0, 0.05) is 43.9 Å². The third-order valence-electron chi connectivity index (χ3n) is 6.00. The number of amides is 1. The van der Waals surface area contributed by atoms with Crippen LogP contribution in [0.25, 0.3) is 11.1 Å². The lowest BCUT2D eigenvalue weighted by Crippen LogP contribution is -2.46. The molecule has 1 aliphatic heterocycles. The van der Waals surface area contributed by atoms with Crippen molar-refractivity contribution in [2.75, 3.05) is 13.1 Å². The van der Waals surface area contributed by atoms with Gasteiger partial charge in [0.15, 0.2) is 0 Å². The van der Waals surface area contributed by atoms with Gasteiger partial charge in [-0.3, -0.25) is 19.7 Å². The van der Waals surface area contributed by atoms with Crippen molar-refractivity contribution in [1.29, 1.82) is 0 Å². The van der Waals surface area contributed by atoms with Crippen LogP contribution < -0.4 is 5.32 Å². The molecular weight excluding hydrogens is 384 g/mol. The van der Waals surface area contributed by atoms with Gasteiger partial charge in [0.05, 0.1) is 5.41 Å². The van der Waals surface area contributed by atoms with Gasteiger partial charge < -0.3 is 5.32 Å². The first kappa shape index (κ1) is 21.2. The summed E-state index contributed by atoms with van der Waals surface area (Å²) in [5, 5.41) is 3.18. The monoisotopic (exact) mass is 414 g/mol. The van der Waals surface area contributed by atoms with Gasteiger partial charge in [-0.25, -0.2) is 0 Å². The SMILES string of the molecule is CC(C)NC(=O)[C@@]1(Cc2ccc(-c3ccncc3)cc2)CCN(Cc2ccncc2)C1. The van der Waals surface area contributed by atoms with Crippen molar-refractivity contribution in [3.8, 4) is 11.1 Å². The number of hydrogen-bond donors (Lipinski definition) is 1. The molecule has 1 aromatic carbocycles. The van der Waals surface area contributed by atoms with E-state index in [-0.39, 0.29) is 11.9 Å². The molecule has 4 rings (SSSR count). The molecule has 1 atom stereocenters. The van der Waals surface area contributed by atoms with Crippen molar-refractivity contribution in [2.45, 2.75) is 39.3 Å². The van der Waals surface area contributed by atoms with Gasteiger partial charge in [0.1, 0.15) is 0 Å². The second kappa shape index (κ2) is 9.40. The number of pyridine rings is 2. The third-order valence-corrected chi connectivity index (χ3v) is 6.00. The molecule has 5 heteroatoms. The Hall–Kier alpha value is -3.05. The highest BCUT2D eigenvalue weighted by Gasteiger charge is 2.44. The second-order valence-electron chi connectivity index (χ2n) is 8.83. The summed E-state index contributed by atoms with van der Waals surface area (Å²) < 4.78 is 0. The minimum atomic E-state index is -0.407. The van der Waals surface area contributed by atoms with E-state index in [0.717, 1.165) is 43.6 Å². The highest BCUT2D eigenvalue weighted by molar-refractivity contribution is 5.84. The summed E-state index contributed by atoms with van der Waals surface area (Å²) in [6.45, 7) is 6.58. The molecule has 3 aromatic rings. The molecule has 160 valence electrons. The molecule has 0 aliphatic carbocycles. The molecule has 0 bridgehead atoms. The quantitative estimate of drug-likeness (QED) is 0.632. The van der Waals surface area contributed by atoms with Crippen LogP contribution in [0.3, 0.4) is 0 Å². The average Bonchev–Trinajstić information content (AvgIpc) is 3.19. The van der Waals surface area contributed by atoms with Crippen LogP contribution in [-0.4, -0.2) is 39.9 Å². The summed E-state index contributed by atoms with van der Waals surface area (Å²) in [6, 6.07) is 16.9. The molecule has 2 aromatic heterocycles. The predicted molar refractivity (Wildman–Crippen MR) is 123 cm³/mol. The molecule has 1 saturated heterocycles. The van der Waals surface area contributed by atoms with Gasteiger partial charge in [-0.15, -0.1) is 0 Å². The summed E-state index contributed by atoms with van der Waals surface area (Å²) in [4.78, 5) is 23.9. The number of benzene rings is 1. The van der Waals surface area contributed by atoms with E-state index in [1.165, 1.54) is 11.1 Å². The van der Waals surface area contributed by atoms with E-state index < -0.39 is 5.41 Å². The van der Waals surface area contributed by atoms with E-state index in [2.05, 4.69) is 44.5 Å². The molecule has 1 aliphatic rings. The molecule has 1 fully saturated rings. The Kier molecular flexibility index (Phi) is 6.42. The standard InChI is InChI=1S/C26H30N4O/c1-20(2)29-25(31)26(11-16-30(19-26)18-22-7-12-27-13-8-22)17-21-3-5-23(6-4-21)24-9-14-28-15-10-24/h3-10,12-15,20H,11,16-19H2,1-2H3,(H,29,31)/t26-/m1/s1. The van der Waals surface area contributed by atoms with Crippen LogP contribution in [0.1, 0.15) is 31.4 Å². The summed E-state index contributed by atoms with van der Waals surface area (Å²) in [7, 11) is 0. The van der Waals surface area contributed by atoms with Gasteiger partial charge in [0.25, 0.3) is 0 Å². The maximum Gasteiger partial charge on any atom is 0.228 e. The van der Waals surface area contributed by atoms with Crippen molar-refractivity contribution < 1.29 is 4.79 Å². The largest absolute Gasteiger partial charge is 0.353 e. The first-order valence-corrected chi connectivity index (χ1v) is 11.0. The Labute approximate surface area is 184 Å². The fourth-order valence-electron chi connectivity index (χ4n) is 4.41. The summed E-state index contributed by atoms with van der Waals surface area (Å²) in [6.07, 6.45) is 8.88. The summed E-state index contributed by atoms with van der Waals surface area (Å²) in [5.41, 5.74) is 4.34. The first-order chi connectivity index (χ1) is 15.0. The number of nitrogens with one attached hydrogen (secondary N) is 1. The van der Waals surface area contributed by atoms with Crippen LogP contribution in [0, 0.1) is 5.41 Å². The van der Waals surface area contributed by atoms with Crippen LogP contribution in [0.5, 0.6) is 0 Å². The molecule has 1 amide bonds. The molecule has 0 radical (unpaired) electrons. The normalized spacial score (nSPS) is 18.9. The van der Waals surface area contributed by atoms with Gasteiger partial charge in [-0.05, 0) is 79.8 Å². The van der Waals surface area contributed by atoms with Gasteiger partial charge in [-0.2, -0.15) is 0 Å². The zero-order valence-corrected chi connectivity index (χ0v) is 18.3. The molecule has 0 spiro atoms. The summed E-state index contributed by atoms with van der Waals surface area (Å²) in [5.74, 6) is 0.165. The smallest absolute Gasteiger partial charge is 0.228 e. The maximum atomic E-state index is 13.3. The van der Waals surface area contributed by atoms with E-state index in [4.69, 9.17) is 0 Å². The summed E-state index contributed by atoms with van der Waals surface area (Å²) >= 11 is 0. The van der Waals surface area contributed by atoms with E-state index >= 15 is 0 Å². The lowest BCUT2D eigenvalue weighted by molar-refractivity contribution is -0.131. The molecule has 0 saturated carbocycles. The lowest BCUT2D eigenvalue weighted by Gasteiger charge is -2.30.